The average molecular weight is 268 g/mol. The molecule has 20 heavy (non-hydrogen) atoms. The Hall–Kier alpha value is -2.10. The summed E-state index contributed by atoms with van der Waals surface area (Å²) in [6, 6.07) is 8.15. The topological polar surface area (TPSA) is 56.7 Å². The molecule has 0 radical (unpaired) electrons. The molecule has 0 atom stereocenters. The van der Waals surface area contributed by atoms with E-state index in [1.807, 2.05) is 24.4 Å². The van der Waals surface area contributed by atoms with Gasteiger partial charge in [0.25, 0.3) is 0 Å². The number of aromatic nitrogens is 3. The maximum absolute atomic E-state index is 6.21. The van der Waals surface area contributed by atoms with Crippen LogP contribution < -0.4 is 5.73 Å². The van der Waals surface area contributed by atoms with Gasteiger partial charge in [0.05, 0.1) is 17.2 Å². The molecule has 1 aromatic carbocycles. The summed E-state index contributed by atoms with van der Waals surface area (Å²) in [4.78, 5) is 8.97. The van der Waals surface area contributed by atoms with Crippen molar-refractivity contribution in [1.82, 2.24) is 14.5 Å². The number of nitrogen functional groups attached to an aromatic ring is 1. The Morgan fingerprint density at radius 3 is 2.55 bits per heavy atom. The van der Waals surface area contributed by atoms with Crippen molar-refractivity contribution in [2.45, 2.75) is 39.2 Å². The van der Waals surface area contributed by atoms with Crippen LogP contribution in [0.15, 0.2) is 30.5 Å². The lowest BCUT2D eigenvalue weighted by Crippen LogP contribution is -2.29. The molecule has 2 aromatic heterocycles. The Morgan fingerprint density at radius 1 is 1.15 bits per heavy atom. The Morgan fingerprint density at radius 2 is 1.85 bits per heavy atom. The molecule has 0 fully saturated rings. The number of anilines is 1. The molecule has 0 bridgehead atoms. The van der Waals surface area contributed by atoms with Crippen molar-refractivity contribution >= 4 is 27.9 Å². The monoisotopic (exact) mass is 268 g/mol. The lowest BCUT2D eigenvalue weighted by Gasteiger charge is -2.30. The minimum Gasteiger partial charge on any atom is -0.369 e. The van der Waals surface area contributed by atoms with E-state index in [0.29, 0.717) is 5.95 Å². The zero-order valence-electron chi connectivity index (χ0n) is 12.2. The summed E-state index contributed by atoms with van der Waals surface area (Å²) < 4.78 is 2.19. The number of pyridine rings is 1. The quantitative estimate of drug-likeness (QED) is 0.788. The van der Waals surface area contributed by atoms with Gasteiger partial charge in [-0.1, -0.05) is 32.0 Å². The molecule has 3 rings (SSSR count). The normalized spacial score (nSPS) is 12.3. The fourth-order valence-electron chi connectivity index (χ4n) is 2.83. The summed E-state index contributed by atoms with van der Waals surface area (Å²) in [6.07, 6.45) is 3.84. The Kier molecular flexibility index (Phi) is 2.89. The van der Waals surface area contributed by atoms with Gasteiger partial charge in [-0.05, 0) is 25.8 Å². The summed E-state index contributed by atoms with van der Waals surface area (Å²) in [7, 11) is 0. The molecular weight excluding hydrogens is 248 g/mol. The van der Waals surface area contributed by atoms with E-state index in [4.69, 9.17) is 5.73 Å². The van der Waals surface area contributed by atoms with Crippen LogP contribution in [0.2, 0.25) is 0 Å². The van der Waals surface area contributed by atoms with E-state index in [-0.39, 0.29) is 5.54 Å². The van der Waals surface area contributed by atoms with Crippen molar-refractivity contribution in [3.8, 4) is 0 Å². The van der Waals surface area contributed by atoms with Gasteiger partial charge in [0.15, 0.2) is 0 Å². The maximum atomic E-state index is 6.21. The number of rotatable bonds is 3. The van der Waals surface area contributed by atoms with Crippen molar-refractivity contribution < 1.29 is 0 Å². The second kappa shape index (κ2) is 4.47. The second-order valence-electron chi connectivity index (χ2n) is 5.52. The zero-order valence-corrected chi connectivity index (χ0v) is 12.2. The molecule has 3 aromatic rings. The van der Waals surface area contributed by atoms with Crippen LogP contribution in [0.4, 0.5) is 5.95 Å². The predicted octanol–water partition coefficient (Wildman–Crippen LogP) is 3.70. The number of hydrogen-bond donors (Lipinski definition) is 1. The summed E-state index contributed by atoms with van der Waals surface area (Å²) in [5, 5.41) is 1.11. The van der Waals surface area contributed by atoms with Gasteiger partial charge in [0.2, 0.25) is 5.95 Å². The van der Waals surface area contributed by atoms with Gasteiger partial charge in [-0.3, -0.25) is 4.98 Å². The van der Waals surface area contributed by atoms with Gasteiger partial charge in [-0.15, -0.1) is 0 Å². The molecule has 2 heterocycles. The zero-order chi connectivity index (χ0) is 14.3. The minimum atomic E-state index is -0.0248. The lowest BCUT2D eigenvalue weighted by atomic mass is 9.94. The predicted molar refractivity (Wildman–Crippen MR) is 83.7 cm³/mol. The summed E-state index contributed by atoms with van der Waals surface area (Å²) >= 11 is 0. The van der Waals surface area contributed by atoms with E-state index in [2.05, 4.69) is 41.4 Å². The average Bonchev–Trinajstić information content (AvgIpc) is 2.83. The standard InChI is InChI=1S/C16H20N4/c1-4-16(3,5-2)20-14-11-8-6-7-9-12(11)18-10-13(14)19-15(20)17/h6-10H,4-5H2,1-3H3,(H2,17,19). The molecule has 0 spiro atoms. The molecule has 0 saturated heterocycles. The molecule has 0 saturated carbocycles. The first-order valence-corrected chi connectivity index (χ1v) is 7.13. The van der Waals surface area contributed by atoms with Gasteiger partial charge in [-0.2, -0.15) is 0 Å². The number of imidazole rings is 1. The smallest absolute Gasteiger partial charge is 0.201 e. The third kappa shape index (κ3) is 1.68. The first-order chi connectivity index (χ1) is 9.60. The van der Waals surface area contributed by atoms with Crippen LogP contribution in [0.3, 0.4) is 0 Å². The molecule has 0 aliphatic heterocycles. The number of benzene rings is 1. The van der Waals surface area contributed by atoms with Crippen LogP contribution in [0.5, 0.6) is 0 Å². The lowest BCUT2D eigenvalue weighted by molar-refractivity contribution is 0.307. The number of para-hydroxylation sites is 1. The molecular formula is C16H20N4. The number of fused-ring (bicyclic) bond motifs is 3. The van der Waals surface area contributed by atoms with Crippen LogP contribution in [0.25, 0.3) is 21.9 Å². The Labute approximate surface area is 118 Å². The van der Waals surface area contributed by atoms with Crippen molar-refractivity contribution in [3.63, 3.8) is 0 Å². The van der Waals surface area contributed by atoms with E-state index in [0.717, 1.165) is 34.8 Å². The fraction of sp³-hybridized carbons (Fsp3) is 0.375. The van der Waals surface area contributed by atoms with Crippen LogP contribution in [-0.2, 0) is 5.54 Å². The SMILES string of the molecule is CCC(C)(CC)n1c(N)nc2cnc3ccccc3c21. The van der Waals surface area contributed by atoms with Gasteiger partial charge in [0, 0.05) is 10.9 Å². The van der Waals surface area contributed by atoms with Crippen molar-refractivity contribution in [2.75, 3.05) is 5.73 Å². The van der Waals surface area contributed by atoms with Crippen molar-refractivity contribution in [2.24, 2.45) is 0 Å². The van der Waals surface area contributed by atoms with Crippen LogP contribution in [0.1, 0.15) is 33.6 Å². The van der Waals surface area contributed by atoms with Gasteiger partial charge in [0.1, 0.15) is 5.52 Å². The molecule has 2 N–H and O–H groups in total. The second-order valence-corrected chi connectivity index (χ2v) is 5.52. The number of hydrogen-bond acceptors (Lipinski definition) is 3. The summed E-state index contributed by atoms with van der Waals surface area (Å²) in [6.45, 7) is 6.62. The Balaban J connectivity index is 2.47. The highest BCUT2D eigenvalue weighted by atomic mass is 15.2. The number of nitrogens with zero attached hydrogens (tertiary/aromatic N) is 3. The van der Waals surface area contributed by atoms with Gasteiger partial charge in [-0.25, -0.2) is 4.98 Å². The molecule has 4 heteroatoms. The van der Waals surface area contributed by atoms with Crippen LogP contribution in [0, 0.1) is 0 Å². The van der Waals surface area contributed by atoms with Gasteiger partial charge >= 0.3 is 0 Å². The molecule has 104 valence electrons. The molecule has 0 aliphatic rings. The Bertz CT molecular complexity index is 769. The highest BCUT2D eigenvalue weighted by Crippen LogP contribution is 2.34. The largest absolute Gasteiger partial charge is 0.369 e. The summed E-state index contributed by atoms with van der Waals surface area (Å²) in [5.74, 6) is 0.573. The third-order valence-corrected chi connectivity index (χ3v) is 4.48. The number of nitrogens with two attached hydrogens (primary N) is 1. The first kappa shape index (κ1) is 12.9. The van der Waals surface area contributed by atoms with Crippen molar-refractivity contribution in [1.29, 1.82) is 0 Å². The third-order valence-electron chi connectivity index (χ3n) is 4.48. The maximum Gasteiger partial charge on any atom is 0.201 e. The minimum absolute atomic E-state index is 0.0248. The van der Waals surface area contributed by atoms with Crippen LogP contribution >= 0.6 is 0 Å². The van der Waals surface area contributed by atoms with Crippen molar-refractivity contribution in [3.05, 3.63) is 30.5 Å². The van der Waals surface area contributed by atoms with E-state index in [1.54, 1.807) is 0 Å². The van der Waals surface area contributed by atoms with E-state index in [9.17, 15) is 0 Å². The van der Waals surface area contributed by atoms with E-state index >= 15 is 0 Å². The molecule has 4 nitrogen and oxygen atoms in total. The fourth-order valence-corrected chi connectivity index (χ4v) is 2.83. The first-order valence-electron chi connectivity index (χ1n) is 7.13. The molecule has 0 aliphatic carbocycles. The molecule has 0 amide bonds. The highest BCUT2D eigenvalue weighted by Gasteiger charge is 2.27. The van der Waals surface area contributed by atoms with E-state index in [1.165, 1.54) is 0 Å². The van der Waals surface area contributed by atoms with E-state index < -0.39 is 0 Å². The molecule has 0 unspecified atom stereocenters. The van der Waals surface area contributed by atoms with Crippen LogP contribution in [-0.4, -0.2) is 14.5 Å². The summed E-state index contributed by atoms with van der Waals surface area (Å²) in [5.41, 5.74) is 9.13. The van der Waals surface area contributed by atoms with Gasteiger partial charge < -0.3 is 10.3 Å². The highest BCUT2D eigenvalue weighted by molar-refractivity contribution is 6.03.